The summed E-state index contributed by atoms with van der Waals surface area (Å²) in [5, 5.41) is 1.36. The molecule has 19 heavy (non-hydrogen) atoms. The molecule has 2 rings (SSSR count). The Kier molecular flexibility index (Phi) is 5.92. The topological polar surface area (TPSA) is 47.3 Å². The van der Waals surface area contributed by atoms with Gasteiger partial charge in [0.25, 0.3) is 0 Å². The maximum atomic E-state index is 6.18. The normalized spacial score (nSPS) is 20.7. The molecule has 1 aromatic carbocycles. The average molecular weight is 303 g/mol. The van der Waals surface area contributed by atoms with Gasteiger partial charge in [0.05, 0.1) is 6.10 Å². The van der Waals surface area contributed by atoms with Crippen molar-refractivity contribution < 1.29 is 4.74 Å². The van der Waals surface area contributed by atoms with Crippen molar-refractivity contribution in [1.82, 2.24) is 5.43 Å². The SMILES string of the molecule is NNC(CCC1CCCO1)Cc1ccc(Cl)cc1Cl. The molecule has 3 N–H and O–H groups in total. The number of nitrogens with two attached hydrogens (primary N) is 1. The van der Waals surface area contributed by atoms with Gasteiger partial charge >= 0.3 is 0 Å². The van der Waals surface area contributed by atoms with Gasteiger partial charge in [-0.1, -0.05) is 29.3 Å². The molecule has 1 saturated heterocycles. The van der Waals surface area contributed by atoms with Gasteiger partial charge in [-0.25, -0.2) is 0 Å². The molecule has 2 unspecified atom stereocenters. The second-order valence-corrected chi connectivity index (χ2v) is 5.86. The molecule has 1 aliphatic heterocycles. The standard InChI is InChI=1S/C14H20Cl2N2O/c15-11-4-3-10(14(16)9-11)8-12(18-17)5-6-13-2-1-7-19-13/h3-4,9,12-13,18H,1-2,5-8,17H2. The van der Waals surface area contributed by atoms with E-state index in [1.165, 1.54) is 12.8 Å². The summed E-state index contributed by atoms with van der Waals surface area (Å²) in [6.07, 6.45) is 5.57. The molecule has 0 spiro atoms. The lowest BCUT2D eigenvalue weighted by Gasteiger charge is -2.18. The van der Waals surface area contributed by atoms with E-state index >= 15 is 0 Å². The predicted octanol–water partition coefficient (Wildman–Crippen LogP) is 3.33. The minimum Gasteiger partial charge on any atom is -0.378 e. The number of hydrazine groups is 1. The van der Waals surface area contributed by atoms with Crippen molar-refractivity contribution in [3.05, 3.63) is 33.8 Å². The summed E-state index contributed by atoms with van der Waals surface area (Å²) in [4.78, 5) is 0. The van der Waals surface area contributed by atoms with Gasteiger partial charge in [-0.05, 0) is 49.8 Å². The van der Waals surface area contributed by atoms with Gasteiger partial charge in [-0.15, -0.1) is 0 Å². The van der Waals surface area contributed by atoms with E-state index < -0.39 is 0 Å². The van der Waals surface area contributed by atoms with Crippen molar-refractivity contribution in [3.8, 4) is 0 Å². The van der Waals surface area contributed by atoms with Crippen molar-refractivity contribution in [2.75, 3.05) is 6.61 Å². The fourth-order valence-corrected chi connectivity index (χ4v) is 2.94. The molecule has 1 aromatic rings. The second kappa shape index (κ2) is 7.46. The molecule has 0 bridgehead atoms. The number of hydrogen-bond donors (Lipinski definition) is 2. The summed E-state index contributed by atoms with van der Waals surface area (Å²) in [6.45, 7) is 0.897. The van der Waals surface area contributed by atoms with E-state index in [4.69, 9.17) is 33.8 Å². The van der Waals surface area contributed by atoms with Crippen molar-refractivity contribution in [2.24, 2.45) is 5.84 Å². The third-order valence-corrected chi connectivity index (χ3v) is 4.17. The molecule has 2 atom stereocenters. The Morgan fingerprint density at radius 2 is 2.26 bits per heavy atom. The molecular weight excluding hydrogens is 283 g/mol. The van der Waals surface area contributed by atoms with Gasteiger partial charge in [0.2, 0.25) is 0 Å². The highest BCUT2D eigenvalue weighted by Gasteiger charge is 2.18. The first-order valence-electron chi connectivity index (χ1n) is 6.70. The quantitative estimate of drug-likeness (QED) is 0.626. The van der Waals surface area contributed by atoms with E-state index in [0.29, 0.717) is 16.1 Å². The fourth-order valence-electron chi connectivity index (χ4n) is 2.46. The van der Waals surface area contributed by atoms with Crippen LogP contribution < -0.4 is 11.3 Å². The minimum absolute atomic E-state index is 0.211. The Bertz CT molecular complexity index is 408. The largest absolute Gasteiger partial charge is 0.378 e. The first-order valence-corrected chi connectivity index (χ1v) is 7.46. The van der Waals surface area contributed by atoms with Crippen molar-refractivity contribution in [3.63, 3.8) is 0 Å². The molecule has 0 aliphatic carbocycles. The van der Waals surface area contributed by atoms with E-state index in [9.17, 15) is 0 Å². The van der Waals surface area contributed by atoms with Crippen LogP contribution in [-0.2, 0) is 11.2 Å². The van der Waals surface area contributed by atoms with Crippen LogP contribution in [0.2, 0.25) is 10.0 Å². The molecule has 0 saturated carbocycles. The summed E-state index contributed by atoms with van der Waals surface area (Å²) in [7, 11) is 0. The highest BCUT2D eigenvalue weighted by Crippen LogP contribution is 2.24. The van der Waals surface area contributed by atoms with Crippen LogP contribution in [0.15, 0.2) is 18.2 Å². The Morgan fingerprint density at radius 1 is 1.42 bits per heavy atom. The molecule has 1 aliphatic rings. The second-order valence-electron chi connectivity index (χ2n) is 5.02. The van der Waals surface area contributed by atoms with Gasteiger partial charge in [0, 0.05) is 22.7 Å². The molecule has 1 fully saturated rings. The van der Waals surface area contributed by atoms with E-state index in [1.54, 1.807) is 6.07 Å². The Morgan fingerprint density at radius 3 is 2.89 bits per heavy atom. The molecule has 0 aromatic heterocycles. The summed E-state index contributed by atoms with van der Waals surface area (Å²) >= 11 is 12.1. The number of ether oxygens (including phenoxy) is 1. The lowest BCUT2D eigenvalue weighted by molar-refractivity contribution is 0.0996. The van der Waals surface area contributed by atoms with Crippen molar-refractivity contribution >= 4 is 23.2 Å². The van der Waals surface area contributed by atoms with Gasteiger partial charge in [0.1, 0.15) is 0 Å². The highest BCUT2D eigenvalue weighted by molar-refractivity contribution is 6.35. The third kappa shape index (κ3) is 4.62. The van der Waals surface area contributed by atoms with E-state index in [-0.39, 0.29) is 6.04 Å². The zero-order valence-corrected chi connectivity index (χ0v) is 12.4. The van der Waals surface area contributed by atoms with E-state index in [2.05, 4.69) is 5.43 Å². The summed E-state index contributed by atoms with van der Waals surface area (Å²) in [5.74, 6) is 5.63. The molecule has 106 valence electrons. The Balaban J connectivity index is 1.86. The monoisotopic (exact) mass is 302 g/mol. The van der Waals surface area contributed by atoms with Crippen LogP contribution in [0, 0.1) is 0 Å². The van der Waals surface area contributed by atoms with Crippen molar-refractivity contribution in [1.29, 1.82) is 0 Å². The van der Waals surface area contributed by atoms with Crippen LogP contribution in [0.1, 0.15) is 31.2 Å². The van der Waals surface area contributed by atoms with Crippen LogP contribution in [-0.4, -0.2) is 18.8 Å². The summed E-state index contributed by atoms with van der Waals surface area (Å²) in [6, 6.07) is 5.80. The minimum atomic E-state index is 0.211. The number of nitrogens with one attached hydrogen (secondary N) is 1. The lowest BCUT2D eigenvalue weighted by atomic mass is 10.00. The number of hydrogen-bond acceptors (Lipinski definition) is 3. The lowest BCUT2D eigenvalue weighted by Crippen LogP contribution is -2.37. The average Bonchev–Trinajstić information content (AvgIpc) is 2.90. The molecule has 0 radical (unpaired) electrons. The molecule has 0 amide bonds. The van der Waals surface area contributed by atoms with E-state index in [1.807, 2.05) is 12.1 Å². The number of halogens is 2. The number of rotatable bonds is 6. The molecule has 3 nitrogen and oxygen atoms in total. The van der Waals surface area contributed by atoms with Gasteiger partial charge in [-0.3, -0.25) is 11.3 Å². The molecule has 5 heteroatoms. The maximum absolute atomic E-state index is 6.18. The van der Waals surface area contributed by atoms with Gasteiger partial charge in [-0.2, -0.15) is 0 Å². The summed E-state index contributed by atoms with van der Waals surface area (Å²) in [5.41, 5.74) is 3.94. The predicted molar refractivity (Wildman–Crippen MR) is 79.5 cm³/mol. The van der Waals surface area contributed by atoms with Crippen LogP contribution in [0.5, 0.6) is 0 Å². The zero-order chi connectivity index (χ0) is 13.7. The fraction of sp³-hybridized carbons (Fsp3) is 0.571. The first-order chi connectivity index (χ1) is 9.19. The van der Waals surface area contributed by atoms with E-state index in [0.717, 1.165) is 31.4 Å². The smallest absolute Gasteiger partial charge is 0.0576 e. The molecular formula is C14H20Cl2N2O. The first kappa shape index (κ1) is 15.1. The summed E-state index contributed by atoms with van der Waals surface area (Å²) < 4.78 is 5.63. The number of benzene rings is 1. The van der Waals surface area contributed by atoms with Gasteiger partial charge in [0.15, 0.2) is 0 Å². The Labute approximate surface area is 124 Å². The Hall–Kier alpha value is -0.320. The van der Waals surface area contributed by atoms with Crippen molar-refractivity contribution in [2.45, 2.75) is 44.2 Å². The van der Waals surface area contributed by atoms with Crippen LogP contribution >= 0.6 is 23.2 Å². The maximum Gasteiger partial charge on any atom is 0.0576 e. The molecule has 1 heterocycles. The highest BCUT2D eigenvalue weighted by atomic mass is 35.5. The third-order valence-electron chi connectivity index (χ3n) is 3.58. The van der Waals surface area contributed by atoms with Gasteiger partial charge < -0.3 is 4.74 Å². The van der Waals surface area contributed by atoms with Crippen LogP contribution in [0.4, 0.5) is 0 Å². The van der Waals surface area contributed by atoms with Crippen LogP contribution in [0.3, 0.4) is 0 Å². The van der Waals surface area contributed by atoms with Crippen LogP contribution in [0.25, 0.3) is 0 Å². The zero-order valence-electron chi connectivity index (χ0n) is 10.9.